The second-order valence-electron chi connectivity index (χ2n) is 5.56. The number of carbonyl (C=O) groups is 1. The summed E-state index contributed by atoms with van der Waals surface area (Å²) in [6, 6.07) is 3.47. The highest BCUT2D eigenvalue weighted by atomic mass is 19.1. The van der Waals surface area contributed by atoms with Crippen LogP contribution in [0.25, 0.3) is 0 Å². The lowest BCUT2D eigenvalue weighted by Crippen LogP contribution is -2.55. The fourth-order valence-electron chi connectivity index (χ4n) is 2.80. The van der Waals surface area contributed by atoms with Gasteiger partial charge < -0.3 is 9.64 Å². The van der Waals surface area contributed by atoms with Gasteiger partial charge in [-0.3, -0.25) is 9.69 Å². The van der Waals surface area contributed by atoms with Crippen LogP contribution in [0.1, 0.15) is 5.56 Å². The summed E-state index contributed by atoms with van der Waals surface area (Å²) >= 11 is 0. The predicted octanol–water partition coefficient (Wildman–Crippen LogP) is 1.26. The van der Waals surface area contributed by atoms with Crippen LogP contribution in [0.4, 0.5) is 8.78 Å². The van der Waals surface area contributed by atoms with Crippen molar-refractivity contribution in [1.82, 2.24) is 9.80 Å². The van der Waals surface area contributed by atoms with Gasteiger partial charge in [0.25, 0.3) is 0 Å². The van der Waals surface area contributed by atoms with Crippen molar-refractivity contribution in [3.63, 3.8) is 0 Å². The van der Waals surface area contributed by atoms with E-state index in [0.717, 1.165) is 12.1 Å². The van der Waals surface area contributed by atoms with Gasteiger partial charge in [0.1, 0.15) is 11.6 Å². The number of rotatable bonds is 3. The maximum Gasteiger partial charge on any atom is 0.228 e. The molecule has 1 aromatic carbocycles. The van der Waals surface area contributed by atoms with E-state index in [1.165, 1.54) is 6.07 Å². The lowest BCUT2D eigenvalue weighted by molar-refractivity contribution is -0.145. The Labute approximate surface area is 122 Å². The SMILES string of the molecule is O=C(C1CN(Cc2cc(F)ccc2F)C1)N1CCOCC1. The van der Waals surface area contributed by atoms with E-state index in [1.54, 1.807) is 0 Å². The van der Waals surface area contributed by atoms with Crippen LogP contribution < -0.4 is 0 Å². The van der Waals surface area contributed by atoms with Crippen LogP contribution in [0.2, 0.25) is 0 Å². The lowest BCUT2D eigenvalue weighted by Gasteiger charge is -2.41. The van der Waals surface area contributed by atoms with E-state index in [0.29, 0.717) is 51.5 Å². The number of nitrogens with zero attached hydrogens (tertiary/aromatic N) is 2. The van der Waals surface area contributed by atoms with Crippen molar-refractivity contribution < 1.29 is 18.3 Å². The van der Waals surface area contributed by atoms with E-state index >= 15 is 0 Å². The average molecular weight is 296 g/mol. The molecule has 0 N–H and O–H groups in total. The molecule has 2 fully saturated rings. The minimum absolute atomic E-state index is 0.0280. The molecule has 0 atom stereocenters. The summed E-state index contributed by atoms with van der Waals surface area (Å²) in [5.74, 6) is -0.721. The molecule has 2 heterocycles. The monoisotopic (exact) mass is 296 g/mol. The summed E-state index contributed by atoms with van der Waals surface area (Å²) in [5.41, 5.74) is 0.340. The number of morpholine rings is 1. The summed E-state index contributed by atoms with van der Waals surface area (Å²) in [6.07, 6.45) is 0. The zero-order valence-corrected chi connectivity index (χ0v) is 11.7. The van der Waals surface area contributed by atoms with Crippen LogP contribution in [-0.2, 0) is 16.1 Å². The molecule has 0 unspecified atom stereocenters. The molecule has 0 saturated carbocycles. The third-order valence-corrected chi connectivity index (χ3v) is 4.03. The number of ether oxygens (including phenoxy) is 1. The van der Waals surface area contributed by atoms with Gasteiger partial charge in [-0.15, -0.1) is 0 Å². The van der Waals surface area contributed by atoms with Crippen molar-refractivity contribution in [1.29, 1.82) is 0 Å². The summed E-state index contributed by atoms with van der Waals surface area (Å²) in [6.45, 7) is 4.03. The van der Waals surface area contributed by atoms with E-state index < -0.39 is 11.6 Å². The minimum atomic E-state index is -0.437. The van der Waals surface area contributed by atoms with Crippen LogP contribution in [0.3, 0.4) is 0 Å². The highest BCUT2D eigenvalue weighted by Crippen LogP contribution is 2.22. The lowest BCUT2D eigenvalue weighted by atomic mass is 9.97. The van der Waals surface area contributed by atoms with Crippen molar-refractivity contribution in [3.8, 4) is 0 Å². The molecular weight excluding hydrogens is 278 g/mol. The number of amides is 1. The van der Waals surface area contributed by atoms with E-state index in [9.17, 15) is 13.6 Å². The quantitative estimate of drug-likeness (QED) is 0.842. The van der Waals surface area contributed by atoms with Gasteiger partial charge in [-0.2, -0.15) is 0 Å². The average Bonchev–Trinajstić information content (AvgIpc) is 2.46. The Hall–Kier alpha value is -1.53. The molecule has 0 spiro atoms. The molecule has 0 aromatic heterocycles. The molecule has 6 heteroatoms. The van der Waals surface area contributed by atoms with E-state index in [1.807, 2.05) is 9.80 Å². The predicted molar refractivity (Wildman–Crippen MR) is 72.5 cm³/mol. The number of likely N-dealkylation sites (tertiary alicyclic amines) is 1. The summed E-state index contributed by atoms with van der Waals surface area (Å²) in [5, 5.41) is 0. The first-order valence-corrected chi connectivity index (χ1v) is 7.16. The maximum atomic E-state index is 13.6. The fraction of sp³-hybridized carbons (Fsp3) is 0.533. The normalized spacial score (nSPS) is 20.4. The molecule has 0 radical (unpaired) electrons. The highest BCUT2D eigenvalue weighted by Gasteiger charge is 2.35. The van der Waals surface area contributed by atoms with Crippen molar-refractivity contribution in [2.24, 2.45) is 5.92 Å². The van der Waals surface area contributed by atoms with Crippen LogP contribution in [-0.4, -0.2) is 55.1 Å². The summed E-state index contributed by atoms with van der Waals surface area (Å²) in [7, 11) is 0. The second kappa shape index (κ2) is 6.07. The van der Waals surface area contributed by atoms with E-state index in [4.69, 9.17) is 4.74 Å². The Bertz CT molecular complexity index is 526. The van der Waals surface area contributed by atoms with Gasteiger partial charge in [-0.25, -0.2) is 8.78 Å². The number of hydrogen-bond acceptors (Lipinski definition) is 3. The zero-order valence-electron chi connectivity index (χ0n) is 11.7. The molecule has 3 rings (SSSR count). The fourth-order valence-corrected chi connectivity index (χ4v) is 2.80. The van der Waals surface area contributed by atoms with Crippen molar-refractivity contribution >= 4 is 5.91 Å². The Balaban J connectivity index is 1.51. The van der Waals surface area contributed by atoms with Crippen LogP contribution >= 0.6 is 0 Å². The maximum absolute atomic E-state index is 13.6. The van der Waals surface area contributed by atoms with Gasteiger partial charge in [-0.1, -0.05) is 0 Å². The topological polar surface area (TPSA) is 32.8 Å². The van der Waals surface area contributed by atoms with Crippen LogP contribution in [0, 0.1) is 17.6 Å². The largest absolute Gasteiger partial charge is 0.378 e. The molecule has 2 aliphatic rings. The number of carbonyl (C=O) groups excluding carboxylic acids is 1. The minimum Gasteiger partial charge on any atom is -0.378 e. The first-order chi connectivity index (χ1) is 10.1. The van der Waals surface area contributed by atoms with Crippen LogP contribution in [0.15, 0.2) is 18.2 Å². The van der Waals surface area contributed by atoms with Gasteiger partial charge in [0.15, 0.2) is 0 Å². The Kier molecular flexibility index (Phi) is 4.17. The molecule has 114 valence electrons. The Morgan fingerprint density at radius 3 is 2.67 bits per heavy atom. The highest BCUT2D eigenvalue weighted by molar-refractivity contribution is 5.80. The molecule has 1 aromatic rings. The summed E-state index contributed by atoms with van der Waals surface area (Å²) in [4.78, 5) is 16.0. The van der Waals surface area contributed by atoms with Gasteiger partial charge in [0.05, 0.1) is 19.1 Å². The molecule has 2 saturated heterocycles. The third-order valence-electron chi connectivity index (χ3n) is 4.03. The van der Waals surface area contributed by atoms with E-state index in [-0.39, 0.29) is 11.8 Å². The molecule has 0 bridgehead atoms. The van der Waals surface area contributed by atoms with Crippen molar-refractivity contribution in [2.45, 2.75) is 6.54 Å². The van der Waals surface area contributed by atoms with Gasteiger partial charge in [0, 0.05) is 38.3 Å². The summed E-state index contributed by atoms with van der Waals surface area (Å²) < 4.78 is 31.9. The molecule has 1 amide bonds. The standard InChI is InChI=1S/C15H18F2N2O2/c16-13-1-2-14(17)11(7-13)8-18-9-12(10-18)15(20)19-3-5-21-6-4-19/h1-2,7,12H,3-6,8-10H2. The third kappa shape index (κ3) is 3.22. The number of benzene rings is 1. The zero-order chi connectivity index (χ0) is 14.8. The smallest absolute Gasteiger partial charge is 0.228 e. The van der Waals surface area contributed by atoms with Crippen molar-refractivity contribution in [3.05, 3.63) is 35.4 Å². The van der Waals surface area contributed by atoms with Crippen molar-refractivity contribution in [2.75, 3.05) is 39.4 Å². The van der Waals surface area contributed by atoms with Gasteiger partial charge in [-0.05, 0) is 18.2 Å². The Morgan fingerprint density at radius 2 is 1.95 bits per heavy atom. The first-order valence-electron chi connectivity index (χ1n) is 7.16. The van der Waals surface area contributed by atoms with Crippen LogP contribution in [0.5, 0.6) is 0 Å². The van der Waals surface area contributed by atoms with E-state index in [2.05, 4.69) is 0 Å². The Morgan fingerprint density at radius 1 is 1.24 bits per heavy atom. The molecule has 0 aliphatic carbocycles. The molecule has 4 nitrogen and oxygen atoms in total. The van der Waals surface area contributed by atoms with Gasteiger partial charge in [0.2, 0.25) is 5.91 Å². The number of hydrogen-bond donors (Lipinski definition) is 0. The molecular formula is C15H18F2N2O2. The molecule has 21 heavy (non-hydrogen) atoms. The first kappa shape index (κ1) is 14.4. The number of halogens is 2. The van der Waals surface area contributed by atoms with Gasteiger partial charge >= 0.3 is 0 Å². The second-order valence-corrected chi connectivity index (χ2v) is 5.56. The molecule has 2 aliphatic heterocycles.